The van der Waals surface area contributed by atoms with Gasteiger partial charge in [-0.2, -0.15) is 0 Å². The van der Waals surface area contributed by atoms with Gasteiger partial charge in [0.2, 0.25) is 0 Å². The van der Waals surface area contributed by atoms with E-state index in [2.05, 4.69) is 13.8 Å². The first-order valence-electron chi connectivity index (χ1n) is 9.29. The van der Waals surface area contributed by atoms with Crippen molar-refractivity contribution in [1.82, 2.24) is 0 Å². The summed E-state index contributed by atoms with van der Waals surface area (Å²) in [6.07, 6.45) is -1.82. The lowest BCUT2D eigenvalue weighted by Gasteiger charge is -2.53. The van der Waals surface area contributed by atoms with Crippen LogP contribution in [-0.4, -0.2) is 45.2 Å². The topological polar surface area (TPSA) is 94.8 Å². The Bertz CT molecular complexity index is 722. The Kier molecular flexibility index (Phi) is 3.21. The van der Waals surface area contributed by atoms with Crippen molar-refractivity contribution in [3.05, 3.63) is 11.1 Å². The summed E-state index contributed by atoms with van der Waals surface area (Å²) in [5.41, 5.74) is -2.01. The highest BCUT2D eigenvalue weighted by Crippen LogP contribution is 2.71. The summed E-state index contributed by atoms with van der Waals surface area (Å²) >= 11 is 0. The van der Waals surface area contributed by atoms with Crippen molar-refractivity contribution in [2.75, 3.05) is 0 Å². The Balaban J connectivity index is 1.91. The summed E-state index contributed by atoms with van der Waals surface area (Å²) in [4.78, 5) is 26.1. The van der Waals surface area contributed by atoms with Gasteiger partial charge in [0.1, 0.15) is 0 Å². The lowest BCUT2D eigenvalue weighted by atomic mass is 9.50. The number of Topliss-reactive ketones (excluding diaryl/α,β-unsaturated/α-hetero) is 2. The van der Waals surface area contributed by atoms with Crippen molar-refractivity contribution in [2.24, 2.45) is 34.0 Å². The fourth-order valence-corrected chi connectivity index (χ4v) is 6.26. The third kappa shape index (κ3) is 1.66. The van der Waals surface area contributed by atoms with Crippen molar-refractivity contribution >= 4 is 11.6 Å². The van der Waals surface area contributed by atoms with Gasteiger partial charge in [0.25, 0.3) is 0 Å². The molecule has 3 N–H and O–H groups in total. The third-order valence-electron chi connectivity index (χ3n) is 8.56. The van der Waals surface area contributed by atoms with Crippen molar-refractivity contribution < 1.29 is 24.9 Å². The van der Waals surface area contributed by atoms with Gasteiger partial charge >= 0.3 is 0 Å². The van der Waals surface area contributed by atoms with Crippen LogP contribution in [0.5, 0.6) is 0 Å². The molecule has 0 aliphatic heterocycles. The monoisotopic (exact) mass is 348 g/mol. The van der Waals surface area contributed by atoms with Crippen LogP contribution in [0, 0.1) is 34.0 Å². The summed E-state index contributed by atoms with van der Waals surface area (Å²) in [7, 11) is 0. The van der Waals surface area contributed by atoms with E-state index >= 15 is 0 Å². The zero-order chi connectivity index (χ0) is 18.7. The molecule has 0 bridgehead atoms. The number of ketones is 2. The van der Waals surface area contributed by atoms with Crippen LogP contribution < -0.4 is 0 Å². The smallest absolute Gasteiger partial charge is 0.171 e. The van der Waals surface area contributed by atoms with Crippen LogP contribution in [-0.2, 0) is 9.59 Å². The number of hydrogen-bond acceptors (Lipinski definition) is 5. The van der Waals surface area contributed by atoms with E-state index in [0.29, 0.717) is 12.3 Å². The van der Waals surface area contributed by atoms with Crippen molar-refractivity contribution in [2.45, 2.75) is 65.8 Å². The highest BCUT2D eigenvalue weighted by Gasteiger charge is 2.74. The lowest BCUT2D eigenvalue weighted by molar-refractivity contribution is -0.162. The van der Waals surface area contributed by atoms with E-state index in [1.165, 1.54) is 0 Å². The average molecular weight is 348 g/mol. The van der Waals surface area contributed by atoms with Crippen LogP contribution >= 0.6 is 0 Å². The molecule has 138 valence electrons. The van der Waals surface area contributed by atoms with Crippen LogP contribution in [0.25, 0.3) is 0 Å². The Hall–Kier alpha value is -1.04. The molecule has 8 atom stereocenters. The maximum absolute atomic E-state index is 13.5. The van der Waals surface area contributed by atoms with E-state index in [0.717, 1.165) is 6.42 Å². The van der Waals surface area contributed by atoms with Gasteiger partial charge in [-0.1, -0.05) is 27.7 Å². The van der Waals surface area contributed by atoms with Crippen LogP contribution in [0.2, 0.25) is 0 Å². The standard InChI is InChI=1S/C20H28O5/c1-8-13(21)10-11(14(8)22)16(24)20(5)17(25)12-9(18(12,2)3)6-7-19(20,4)15(10)23/h8-9,12,14-15,17,22-23,25H,6-7H2,1-5H3/t8-,9+,12+,14+,15+,17-,19-,20+/m1/s1. The van der Waals surface area contributed by atoms with Gasteiger partial charge in [0.05, 0.1) is 23.7 Å². The summed E-state index contributed by atoms with van der Waals surface area (Å²) in [5.74, 6) is -1.09. The van der Waals surface area contributed by atoms with Crippen molar-refractivity contribution in [1.29, 1.82) is 0 Å². The molecule has 5 nitrogen and oxygen atoms in total. The second-order valence-corrected chi connectivity index (χ2v) is 9.71. The zero-order valence-corrected chi connectivity index (χ0v) is 15.5. The molecule has 0 unspecified atom stereocenters. The van der Waals surface area contributed by atoms with Gasteiger partial charge in [-0.05, 0) is 37.0 Å². The maximum atomic E-state index is 13.5. The molecule has 0 radical (unpaired) electrons. The van der Waals surface area contributed by atoms with Crippen molar-refractivity contribution in [3.63, 3.8) is 0 Å². The number of hydrogen-bond donors (Lipinski definition) is 3. The van der Waals surface area contributed by atoms with Crippen LogP contribution in [0.15, 0.2) is 11.1 Å². The van der Waals surface area contributed by atoms with E-state index in [1.54, 1.807) is 13.8 Å². The van der Waals surface area contributed by atoms with Crippen LogP contribution in [0.4, 0.5) is 0 Å². The minimum atomic E-state index is -1.20. The summed E-state index contributed by atoms with van der Waals surface area (Å²) in [6.45, 7) is 9.36. The van der Waals surface area contributed by atoms with Gasteiger partial charge in [0, 0.05) is 22.5 Å². The Morgan fingerprint density at radius 3 is 2.20 bits per heavy atom. The van der Waals surface area contributed by atoms with Gasteiger partial charge in [-0.15, -0.1) is 0 Å². The maximum Gasteiger partial charge on any atom is 0.171 e. The number of aliphatic hydroxyl groups excluding tert-OH is 3. The number of carbonyl (C=O) groups is 2. The quantitative estimate of drug-likeness (QED) is 0.612. The lowest BCUT2D eigenvalue weighted by Crippen LogP contribution is -2.61. The predicted molar refractivity (Wildman–Crippen MR) is 90.4 cm³/mol. The molecule has 0 aromatic heterocycles. The van der Waals surface area contributed by atoms with Gasteiger partial charge < -0.3 is 15.3 Å². The molecule has 0 saturated heterocycles. The van der Waals surface area contributed by atoms with E-state index in [-0.39, 0.29) is 34.0 Å². The molecular formula is C20H28O5. The zero-order valence-electron chi connectivity index (χ0n) is 15.5. The number of carbonyl (C=O) groups excluding carboxylic acids is 2. The fraction of sp³-hybridized carbons (Fsp3) is 0.800. The highest BCUT2D eigenvalue weighted by molar-refractivity contribution is 6.16. The molecule has 2 fully saturated rings. The Morgan fingerprint density at radius 2 is 1.60 bits per heavy atom. The molecule has 4 aliphatic rings. The van der Waals surface area contributed by atoms with E-state index in [9.17, 15) is 24.9 Å². The predicted octanol–water partition coefficient (Wildman–Crippen LogP) is 1.25. The molecule has 25 heavy (non-hydrogen) atoms. The fourth-order valence-electron chi connectivity index (χ4n) is 6.26. The average Bonchev–Trinajstić information content (AvgIpc) is 3.05. The Morgan fingerprint density at radius 1 is 1.00 bits per heavy atom. The first-order chi connectivity index (χ1) is 11.4. The summed E-state index contributed by atoms with van der Waals surface area (Å²) < 4.78 is 0. The van der Waals surface area contributed by atoms with E-state index in [4.69, 9.17) is 0 Å². The molecular weight excluding hydrogens is 320 g/mol. The molecule has 5 heteroatoms. The van der Waals surface area contributed by atoms with E-state index in [1.807, 2.05) is 6.92 Å². The minimum absolute atomic E-state index is 0.00398. The van der Waals surface area contributed by atoms with Crippen LogP contribution in [0.3, 0.4) is 0 Å². The normalized spacial score (nSPS) is 53.9. The second kappa shape index (κ2) is 4.62. The minimum Gasteiger partial charge on any atom is -0.392 e. The third-order valence-corrected chi connectivity index (χ3v) is 8.56. The number of fused-ring (bicyclic) bond motifs is 2. The molecule has 0 amide bonds. The Labute approximate surface area is 148 Å². The van der Waals surface area contributed by atoms with Gasteiger partial charge in [0.15, 0.2) is 11.6 Å². The molecule has 0 aromatic rings. The van der Waals surface area contributed by atoms with Crippen molar-refractivity contribution in [3.8, 4) is 0 Å². The summed E-state index contributed by atoms with van der Waals surface area (Å²) in [6, 6.07) is 0. The summed E-state index contributed by atoms with van der Waals surface area (Å²) in [5, 5.41) is 32.9. The molecule has 4 aliphatic carbocycles. The van der Waals surface area contributed by atoms with Crippen LogP contribution in [0.1, 0.15) is 47.5 Å². The number of aliphatic hydroxyl groups is 3. The highest BCUT2D eigenvalue weighted by atomic mass is 16.3. The number of rotatable bonds is 0. The van der Waals surface area contributed by atoms with E-state index < -0.39 is 35.1 Å². The first-order valence-corrected chi connectivity index (χ1v) is 9.29. The SMILES string of the molecule is C[C@@H]1C(=O)C2=C(C(=O)[C@@]3(C)[C@H](O)[C@@H]4[C@H](CC[C@]3(C)[C@H]2O)C4(C)C)[C@H]1O. The van der Waals surface area contributed by atoms with Gasteiger partial charge in [-0.25, -0.2) is 0 Å². The molecule has 0 aromatic carbocycles. The largest absolute Gasteiger partial charge is 0.392 e. The molecule has 0 heterocycles. The van der Waals surface area contributed by atoms with Gasteiger partial charge in [-0.3, -0.25) is 9.59 Å². The second-order valence-electron chi connectivity index (χ2n) is 9.71. The molecule has 4 rings (SSSR count). The molecule has 2 saturated carbocycles. The first kappa shape index (κ1) is 17.4. The molecule has 0 spiro atoms.